The summed E-state index contributed by atoms with van der Waals surface area (Å²) in [5.74, 6) is 1.21. The minimum Gasteiger partial charge on any atom is -0.306 e. The second-order valence-electron chi connectivity index (χ2n) is 3.95. The molecule has 0 amide bonds. The molecule has 0 aliphatic rings. The molecule has 1 N–H and O–H groups in total. The molecule has 0 bridgehead atoms. The van der Waals surface area contributed by atoms with Crippen molar-refractivity contribution < 1.29 is 0 Å². The van der Waals surface area contributed by atoms with Gasteiger partial charge in [0.15, 0.2) is 0 Å². The molecule has 0 saturated heterocycles. The third-order valence-corrected chi connectivity index (χ3v) is 3.24. The Morgan fingerprint density at radius 1 is 1.53 bits per heavy atom. The van der Waals surface area contributed by atoms with Gasteiger partial charge in [-0.3, -0.25) is 4.68 Å². The fourth-order valence-electron chi connectivity index (χ4n) is 1.70. The highest BCUT2D eigenvalue weighted by atomic mass is 32.2. The SMILES string of the molecule is CSCCC(C)NC(C)c1ccnn1C. The first kappa shape index (κ1) is 12.6. The van der Waals surface area contributed by atoms with Crippen molar-refractivity contribution in [1.29, 1.82) is 0 Å². The van der Waals surface area contributed by atoms with Gasteiger partial charge in [-0.05, 0) is 38.3 Å². The van der Waals surface area contributed by atoms with Crippen LogP contribution in [0.2, 0.25) is 0 Å². The number of thioether (sulfide) groups is 1. The first-order valence-corrected chi connectivity index (χ1v) is 6.77. The standard InChI is InChI=1S/C11H21N3S/c1-9(6-8-15-4)13-10(2)11-5-7-12-14(11)3/h5,7,9-10,13H,6,8H2,1-4H3. The molecule has 2 atom stereocenters. The van der Waals surface area contributed by atoms with E-state index in [4.69, 9.17) is 0 Å². The predicted molar refractivity (Wildman–Crippen MR) is 67.2 cm³/mol. The number of nitrogens with one attached hydrogen (secondary N) is 1. The molecular formula is C11H21N3S. The fraction of sp³-hybridized carbons (Fsp3) is 0.727. The normalized spacial score (nSPS) is 15.2. The van der Waals surface area contributed by atoms with E-state index in [1.807, 2.05) is 29.7 Å². The van der Waals surface area contributed by atoms with Crippen LogP contribution >= 0.6 is 11.8 Å². The zero-order valence-electron chi connectivity index (χ0n) is 10.0. The maximum atomic E-state index is 4.18. The third kappa shape index (κ3) is 3.87. The molecule has 0 radical (unpaired) electrons. The minimum atomic E-state index is 0.370. The Morgan fingerprint density at radius 2 is 2.27 bits per heavy atom. The van der Waals surface area contributed by atoms with Crippen LogP contribution in [-0.2, 0) is 7.05 Å². The number of aryl methyl sites for hydroxylation is 1. The van der Waals surface area contributed by atoms with Gasteiger partial charge in [0.25, 0.3) is 0 Å². The van der Waals surface area contributed by atoms with E-state index in [-0.39, 0.29) is 0 Å². The van der Waals surface area contributed by atoms with Crippen LogP contribution in [0.4, 0.5) is 0 Å². The van der Waals surface area contributed by atoms with Crippen LogP contribution in [-0.4, -0.2) is 27.8 Å². The molecule has 0 spiro atoms. The highest BCUT2D eigenvalue weighted by Gasteiger charge is 2.11. The maximum Gasteiger partial charge on any atom is 0.0547 e. The number of rotatable bonds is 6. The summed E-state index contributed by atoms with van der Waals surface area (Å²) in [6.07, 6.45) is 5.21. The summed E-state index contributed by atoms with van der Waals surface area (Å²) >= 11 is 1.90. The van der Waals surface area contributed by atoms with Crippen molar-refractivity contribution in [3.05, 3.63) is 18.0 Å². The van der Waals surface area contributed by atoms with Crippen molar-refractivity contribution in [3.8, 4) is 0 Å². The van der Waals surface area contributed by atoms with Crippen LogP contribution in [0.25, 0.3) is 0 Å². The Bertz CT molecular complexity index is 285. The fourth-order valence-corrected chi connectivity index (χ4v) is 2.29. The number of aromatic nitrogens is 2. The Balaban J connectivity index is 2.42. The van der Waals surface area contributed by atoms with Gasteiger partial charge in [0, 0.05) is 25.3 Å². The molecule has 0 fully saturated rings. The van der Waals surface area contributed by atoms with E-state index >= 15 is 0 Å². The third-order valence-electron chi connectivity index (χ3n) is 2.59. The van der Waals surface area contributed by atoms with E-state index < -0.39 is 0 Å². The Labute approximate surface area is 96.6 Å². The lowest BCUT2D eigenvalue weighted by Crippen LogP contribution is -2.30. The lowest BCUT2D eigenvalue weighted by molar-refractivity contribution is 0.451. The smallest absolute Gasteiger partial charge is 0.0547 e. The zero-order chi connectivity index (χ0) is 11.3. The van der Waals surface area contributed by atoms with Crippen LogP contribution in [0.3, 0.4) is 0 Å². The summed E-state index contributed by atoms with van der Waals surface area (Å²) in [6, 6.07) is 3.00. The average molecular weight is 227 g/mol. The molecule has 86 valence electrons. The maximum absolute atomic E-state index is 4.18. The summed E-state index contributed by atoms with van der Waals surface area (Å²) in [5, 5.41) is 7.76. The van der Waals surface area contributed by atoms with Crippen molar-refractivity contribution in [2.45, 2.75) is 32.4 Å². The molecule has 15 heavy (non-hydrogen) atoms. The van der Waals surface area contributed by atoms with Crippen LogP contribution in [0.15, 0.2) is 12.3 Å². The Morgan fingerprint density at radius 3 is 2.80 bits per heavy atom. The first-order chi connectivity index (χ1) is 7.15. The lowest BCUT2D eigenvalue weighted by atomic mass is 10.2. The second kappa shape index (κ2) is 6.18. The largest absolute Gasteiger partial charge is 0.306 e. The molecule has 3 nitrogen and oxygen atoms in total. The monoisotopic (exact) mass is 227 g/mol. The summed E-state index contributed by atoms with van der Waals surface area (Å²) < 4.78 is 1.93. The molecule has 0 aromatic carbocycles. The minimum absolute atomic E-state index is 0.370. The predicted octanol–water partition coefficient (Wildman–Crippen LogP) is 2.21. The average Bonchev–Trinajstić information content (AvgIpc) is 2.61. The highest BCUT2D eigenvalue weighted by Crippen LogP contribution is 2.12. The Kier molecular flexibility index (Phi) is 5.19. The number of nitrogens with zero attached hydrogens (tertiary/aromatic N) is 2. The molecule has 1 aromatic heterocycles. The summed E-state index contributed by atoms with van der Waals surface area (Å²) in [6.45, 7) is 4.43. The van der Waals surface area contributed by atoms with Gasteiger partial charge < -0.3 is 5.32 Å². The number of hydrogen-bond acceptors (Lipinski definition) is 3. The molecule has 1 rings (SSSR count). The van der Waals surface area contributed by atoms with Gasteiger partial charge in [-0.25, -0.2) is 0 Å². The topological polar surface area (TPSA) is 29.9 Å². The first-order valence-electron chi connectivity index (χ1n) is 5.38. The quantitative estimate of drug-likeness (QED) is 0.808. The molecule has 2 unspecified atom stereocenters. The van der Waals surface area contributed by atoms with Crippen molar-refractivity contribution in [2.75, 3.05) is 12.0 Å². The van der Waals surface area contributed by atoms with E-state index in [0.717, 1.165) is 0 Å². The molecule has 4 heteroatoms. The van der Waals surface area contributed by atoms with E-state index in [1.54, 1.807) is 0 Å². The molecule has 0 saturated carbocycles. The van der Waals surface area contributed by atoms with Crippen LogP contribution in [0, 0.1) is 0 Å². The van der Waals surface area contributed by atoms with Crippen LogP contribution < -0.4 is 5.32 Å². The van der Waals surface area contributed by atoms with E-state index in [2.05, 4.69) is 36.6 Å². The van der Waals surface area contributed by atoms with Gasteiger partial charge in [-0.2, -0.15) is 16.9 Å². The van der Waals surface area contributed by atoms with Gasteiger partial charge in [0.2, 0.25) is 0 Å². The summed E-state index contributed by atoms with van der Waals surface area (Å²) in [7, 11) is 1.99. The van der Waals surface area contributed by atoms with Crippen molar-refractivity contribution >= 4 is 11.8 Å². The summed E-state index contributed by atoms with van der Waals surface area (Å²) in [5.41, 5.74) is 1.24. The van der Waals surface area contributed by atoms with Crippen molar-refractivity contribution in [2.24, 2.45) is 7.05 Å². The van der Waals surface area contributed by atoms with Crippen molar-refractivity contribution in [3.63, 3.8) is 0 Å². The summed E-state index contributed by atoms with van der Waals surface area (Å²) in [4.78, 5) is 0. The van der Waals surface area contributed by atoms with E-state index in [0.29, 0.717) is 12.1 Å². The van der Waals surface area contributed by atoms with Crippen molar-refractivity contribution in [1.82, 2.24) is 15.1 Å². The van der Waals surface area contributed by atoms with E-state index in [1.165, 1.54) is 17.9 Å². The second-order valence-corrected chi connectivity index (χ2v) is 4.94. The highest BCUT2D eigenvalue weighted by molar-refractivity contribution is 7.98. The molecule has 0 aliphatic carbocycles. The van der Waals surface area contributed by atoms with Crippen LogP contribution in [0.1, 0.15) is 32.0 Å². The van der Waals surface area contributed by atoms with Gasteiger partial charge in [0.05, 0.1) is 5.69 Å². The molecule has 1 heterocycles. The van der Waals surface area contributed by atoms with Gasteiger partial charge in [-0.15, -0.1) is 0 Å². The van der Waals surface area contributed by atoms with Gasteiger partial charge >= 0.3 is 0 Å². The molecule has 0 aliphatic heterocycles. The number of hydrogen-bond donors (Lipinski definition) is 1. The lowest BCUT2D eigenvalue weighted by Gasteiger charge is -2.19. The molecular weight excluding hydrogens is 206 g/mol. The van der Waals surface area contributed by atoms with E-state index in [9.17, 15) is 0 Å². The van der Waals surface area contributed by atoms with Gasteiger partial charge in [0.1, 0.15) is 0 Å². The molecule has 1 aromatic rings. The van der Waals surface area contributed by atoms with Gasteiger partial charge in [-0.1, -0.05) is 0 Å². The Hall–Kier alpha value is -0.480. The zero-order valence-corrected chi connectivity index (χ0v) is 10.8. The van der Waals surface area contributed by atoms with Crippen LogP contribution in [0.5, 0.6) is 0 Å².